The minimum absolute atomic E-state index is 0.0741. The van der Waals surface area contributed by atoms with Crippen LogP contribution in [0.2, 0.25) is 0 Å². The van der Waals surface area contributed by atoms with Crippen LogP contribution in [0.1, 0.15) is 32.9 Å². The number of carboxylic acid groups (broad SMARTS) is 1. The summed E-state index contributed by atoms with van der Waals surface area (Å²) in [5.41, 5.74) is -1.02. The van der Waals surface area contributed by atoms with Gasteiger partial charge in [-0.05, 0) is 26.7 Å². The Labute approximate surface area is 181 Å². The predicted molar refractivity (Wildman–Crippen MR) is 108 cm³/mol. The van der Waals surface area contributed by atoms with Crippen LogP contribution in [-0.4, -0.2) is 77.8 Å². The van der Waals surface area contributed by atoms with E-state index in [-0.39, 0.29) is 36.7 Å². The van der Waals surface area contributed by atoms with E-state index in [0.29, 0.717) is 12.8 Å². The molecule has 3 heterocycles. The maximum atomic E-state index is 13.0. The molecule has 2 aromatic rings. The smallest absolute Gasteiger partial charge is 0.364 e. The molecule has 0 aromatic carbocycles. The van der Waals surface area contributed by atoms with Crippen molar-refractivity contribution in [3.8, 4) is 0 Å². The normalized spacial score (nSPS) is 20.0. The molecule has 3 rings (SSSR count). The lowest BCUT2D eigenvalue weighted by Gasteiger charge is -2.23. The minimum atomic E-state index is -4.17. The molecule has 0 saturated carbocycles. The van der Waals surface area contributed by atoms with Crippen LogP contribution in [0.25, 0.3) is 11.0 Å². The molecule has 2 aromatic heterocycles. The highest BCUT2D eigenvalue weighted by molar-refractivity contribution is 7.55. The maximum Gasteiger partial charge on any atom is 0.364 e. The summed E-state index contributed by atoms with van der Waals surface area (Å²) in [6.07, 6.45) is -0.273. The Bertz CT molecular complexity index is 1060. The van der Waals surface area contributed by atoms with Crippen LogP contribution in [0.3, 0.4) is 0 Å². The largest absolute Gasteiger partial charge is 0.479 e. The molecular weight excluding hydrogens is 451 g/mol. The number of fused-ring (bicyclic) bond motifs is 1. The van der Waals surface area contributed by atoms with Gasteiger partial charge in [0.05, 0.1) is 25.9 Å². The molecule has 178 valence electrons. The van der Waals surface area contributed by atoms with Crippen molar-refractivity contribution in [1.29, 1.82) is 0 Å². The average Bonchev–Trinajstić information content (AvgIpc) is 3.37. The van der Waals surface area contributed by atoms with Crippen LogP contribution in [0, 0.1) is 0 Å². The summed E-state index contributed by atoms with van der Waals surface area (Å²) in [6, 6.07) is 0. The standard InChI is InChI=1S/C16H25N6O9P/c1-3-29-32(28,30-4-2)14(16(26)27)17-13-11-12(21(8-24)19-13)15(25)22(20-18-11)10-6-5-9(7-23)31-10/h9-10,14,23-24H,3-8H2,1-2H3,(H,17,19)(H,26,27). The van der Waals surface area contributed by atoms with E-state index >= 15 is 0 Å². The number of aliphatic carboxylic acids is 1. The zero-order valence-corrected chi connectivity index (χ0v) is 18.3. The maximum absolute atomic E-state index is 13.0. The Morgan fingerprint density at radius 2 is 2.00 bits per heavy atom. The number of hydrogen-bond donors (Lipinski definition) is 4. The fourth-order valence-corrected chi connectivity index (χ4v) is 4.98. The first-order chi connectivity index (χ1) is 15.3. The van der Waals surface area contributed by atoms with Gasteiger partial charge >= 0.3 is 13.6 Å². The number of nitrogens with zero attached hydrogens (tertiary/aromatic N) is 5. The van der Waals surface area contributed by atoms with Crippen LogP contribution >= 0.6 is 7.60 Å². The van der Waals surface area contributed by atoms with Crippen molar-refractivity contribution in [3.05, 3.63) is 10.4 Å². The van der Waals surface area contributed by atoms with Gasteiger partial charge in [-0.25, -0.2) is 9.48 Å². The van der Waals surface area contributed by atoms with Crippen molar-refractivity contribution in [3.63, 3.8) is 0 Å². The molecule has 4 N–H and O–H groups in total. The van der Waals surface area contributed by atoms with Crippen LogP contribution in [0.5, 0.6) is 0 Å². The summed E-state index contributed by atoms with van der Waals surface area (Å²) >= 11 is 0. The molecule has 0 bridgehead atoms. The topological polar surface area (TPSA) is 200 Å². The van der Waals surface area contributed by atoms with Crippen LogP contribution < -0.4 is 10.9 Å². The first kappa shape index (κ1) is 24.2. The fourth-order valence-electron chi connectivity index (χ4n) is 3.34. The number of anilines is 1. The lowest BCUT2D eigenvalue weighted by atomic mass is 10.2. The van der Waals surface area contributed by atoms with E-state index in [1.165, 1.54) is 13.8 Å². The number of carboxylic acids is 1. The summed E-state index contributed by atoms with van der Waals surface area (Å²) in [7, 11) is -4.17. The molecule has 3 atom stereocenters. The Hall–Kier alpha value is -2.42. The van der Waals surface area contributed by atoms with Crippen molar-refractivity contribution in [2.45, 2.75) is 51.5 Å². The quantitative estimate of drug-likeness (QED) is 0.308. The third kappa shape index (κ3) is 4.53. The van der Waals surface area contributed by atoms with Gasteiger partial charge < -0.3 is 34.4 Å². The second-order valence-electron chi connectivity index (χ2n) is 6.76. The minimum Gasteiger partial charge on any atom is -0.479 e. The first-order valence-corrected chi connectivity index (χ1v) is 11.5. The lowest BCUT2D eigenvalue weighted by Crippen LogP contribution is -2.32. The highest BCUT2D eigenvalue weighted by Gasteiger charge is 2.42. The molecule has 1 aliphatic rings. The van der Waals surface area contributed by atoms with Gasteiger partial charge in [0.15, 0.2) is 23.1 Å². The van der Waals surface area contributed by atoms with E-state index < -0.39 is 44.0 Å². The molecule has 3 unspecified atom stereocenters. The SMILES string of the molecule is CCOP(=O)(OCC)C(Nc1nn(CO)c2c(=O)n(C3CCC(CO)O3)nnc12)C(=O)O. The van der Waals surface area contributed by atoms with E-state index in [4.69, 9.17) is 13.8 Å². The lowest BCUT2D eigenvalue weighted by molar-refractivity contribution is -0.136. The molecule has 16 heteroatoms. The molecule has 15 nitrogen and oxygen atoms in total. The number of aliphatic hydroxyl groups excluding tert-OH is 2. The molecule has 1 aliphatic heterocycles. The fraction of sp³-hybridized carbons (Fsp3) is 0.688. The summed E-state index contributed by atoms with van der Waals surface area (Å²) in [6.45, 7) is 1.97. The van der Waals surface area contributed by atoms with Crippen LogP contribution in [-0.2, 0) is 29.9 Å². The highest BCUT2D eigenvalue weighted by atomic mass is 31.2. The average molecular weight is 476 g/mol. The Kier molecular flexibility index (Phi) is 7.59. The number of carbonyl (C=O) groups is 1. The first-order valence-electron chi connectivity index (χ1n) is 9.90. The number of nitrogens with one attached hydrogen (secondary N) is 1. The summed E-state index contributed by atoms with van der Waals surface area (Å²) in [5, 5.41) is 42.8. The Morgan fingerprint density at radius 3 is 2.53 bits per heavy atom. The van der Waals surface area contributed by atoms with Gasteiger partial charge in [-0.15, -0.1) is 10.2 Å². The molecule has 1 saturated heterocycles. The van der Waals surface area contributed by atoms with E-state index in [2.05, 4.69) is 20.7 Å². The van der Waals surface area contributed by atoms with Crippen molar-refractivity contribution < 1.29 is 38.5 Å². The van der Waals surface area contributed by atoms with E-state index in [1.807, 2.05) is 0 Å². The molecule has 1 fully saturated rings. The van der Waals surface area contributed by atoms with E-state index in [1.54, 1.807) is 0 Å². The van der Waals surface area contributed by atoms with Crippen molar-refractivity contribution in [1.82, 2.24) is 24.8 Å². The molecule has 0 aliphatic carbocycles. The van der Waals surface area contributed by atoms with Crippen molar-refractivity contribution >= 4 is 30.4 Å². The van der Waals surface area contributed by atoms with Gasteiger partial charge in [0.1, 0.15) is 6.73 Å². The molecule has 0 radical (unpaired) electrons. The third-order valence-electron chi connectivity index (χ3n) is 4.72. The summed E-state index contributed by atoms with van der Waals surface area (Å²) in [5.74, 6) is -3.66. The molecule has 0 spiro atoms. The van der Waals surface area contributed by atoms with Gasteiger partial charge in [-0.2, -0.15) is 4.68 Å². The Balaban J connectivity index is 2.04. The van der Waals surface area contributed by atoms with E-state index in [9.17, 15) is 29.5 Å². The van der Waals surface area contributed by atoms with Crippen LogP contribution in [0.4, 0.5) is 5.82 Å². The molecule has 0 amide bonds. The third-order valence-corrected chi connectivity index (χ3v) is 6.93. The number of hydrogen-bond acceptors (Lipinski definition) is 12. The number of rotatable bonds is 11. The summed E-state index contributed by atoms with van der Waals surface area (Å²) < 4.78 is 30.7. The number of aliphatic hydroxyl groups is 2. The molecule has 32 heavy (non-hydrogen) atoms. The van der Waals surface area contributed by atoms with Gasteiger partial charge in [-0.1, -0.05) is 5.21 Å². The zero-order chi connectivity index (χ0) is 23.5. The second-order valence-corrected chi connectivity index (χ2v) is 8.87. The Morgan fingerprint density at radius 1 is 1.31 bits per heavy atom. The van der Waals surface area contributed by atoms with Crippen LogP contribution in [0.15, 0.2) is 4.79 Å². The number of aromatic nitrogens is 5. The van der Waals surface area contributed by atoms with Gasteiger partial charge in [-0.3, -0.25) is 9.36 Å². The van der Waals surface area contributed by atoms with Crippen molar-refractivity contribution in [2.75, 3.05) is 25.1 Å². The monoisotopic (exact) mass is 476 g/mol. The molecular formula is C16H25N6O9P. The number of ether oxygens (including phenoxy) is 1. The second kappa shape index (κ2) is 10.0. The van der Waals surface area contributed by atoms with Crippen molar-refractivity contribution in [2.24, 2.45) is 0 Å². The highest BCUT2D eigenvalue weighted by Crippen LogP contribution is 2.53. The van der Waals surface area contributed by atoms with Gasteiger partial charge in [0.2, 0.25) is 5.78 Å². The van der Waals surface area contributed by atoms with E-state index in [0.717, 1.165) is 9.36 Å². The van der Waals surface area contributed by atoms with Gasteiger partial charge in [0, 0.05) is 0 Å². The van der Waals surface area contributed by atoms with Gasteiger partial charge in [0.25, 0.3) is 5.56 Å². The zero-order valence-electron chi connectivity index (χ0n) is 17.4. The summed E-state index contributed by atoms with van der Waals surface area (Å²) in [4.78, 5) is 24.9. The predicted octanol–water partition coefficient (Wildman–Crippen LogP) is -0.304.